The molecule has 1 heterocycles. The lowest BCUT2D eigenvalue weighted by Gasteiger charge is -2.24. The summed E-state index contributed by atoms with van der Waals surface area (Å²) in [5, 5.41) is 18.4. The van der Waals surface area contributed by atoms with Gasteiger partial charge in [-0.2, -0.15) is 41.8 Å². The molecule has 1 aromatic rings. The molecule has 1 aromatic carbocycles. The van der Waals surface area contributed by atoms with E-state index >= 15 is 0 Å². The first-order valence-corrected chi connectivity index (χ1v) is 7.82. The van der Waals surface area contributed by atoms with Gasteiger partial charge in [-0.15, -0.1) is 0 Å². The Hall–Kier alpha value is -2.64. The summed E-state index contributed by atoms with van der Waals surface area (Å²) in [6, 6.07) is 2.36. The van der Waals surface area contributed by atoms with Gasteiger partial charge in [0.1, 0.15) is 11.4 Å². The van der Waals surface area contributed by atoms with Crippen molar-refractivity contribution in [3.63, 3.8) is 0 Å². The van der Waals surface area contributed by atoms with Gasteiger partial charge in [0.15, 0.2) is 6.04 Å². The number of halogens is 6. The summed E-state index contributed by atoms with van der Waals surface area (Å²) in [5.41, 5.74) is -3.24. The predicted octanol–water partition coefficient (Wildman–Crippen LogP) is 4.95. The van der Waals surface area contributed by atoms with E-state index in [1.165, 1.54) is 19.1 Å². The first-order valence-electron chi connectivity index (χ1n) is 7.82. The van der Waals surface area contributed by atoms with Crippen LogP contribution in [-0.2, 0) is 6.18 Å². The summed E-state index contributed by atoms with van der Waals surface area (Å²) in [7, 11) is 0. The summed E-state index contributed by atoms with van der Waals surface area (Å²) in [4.78, 5) is 4.06. The van der Waals surface area contributed by atoms with Gasteiger partial charge in [0, 0.05) is 18.7 Å². The van der Waals surface area contributed by atoms with Crippen LogP contribution in [0.3, 0.4) is 0 Å². The Bertz CT molecular complexity index is 805. The highest BCUT2D eigenvalue weighted by Gasteiger charge is 2.50. The molecular weight excluding hydrogens is 376 g/mol. The quantitative estimate of drug-likeness (QED) is 0.450. The molecule has 0 fully saturated rings. The molecule has 1 aliphatic heterocycles. The van der Waals surface area contributed by atoms with Gasteiger partial charge in [-0.05, 0) is 32.0 Å². The molecule has 0 spiro atoms. The Morgan fingerprint density at radius 3 is 2.48 bits per heavy atom. The highest BCUT2D eigenvalue weighted by Crippen LogP contribution is 2.38. The normalized spacial score (nSPS) is 23.4. The molecule has 0 amide bonds. The highest BCUT2D eigenvalue weighted by atomic mass is 19.4. The predicted molar refractivity (Wildman–Crippen MR) is 85.5 cm³/mol. The third kappa shape index (κ3) is 4.56. The minimum absolute atomic E-state index is 0.0293. The van der Waals surface area contributed by atoms with Crippen molar-refractivity contribution in [2.45, 2.75) is 44.2 Å². The van der Waals surface area contributed by atoms with Gasteiger partial charge in [0.2, 0.25) is 0 Å². The van der Waals surface area contributed by atoms with Crippen LogP contribution in [0.2, 0.25) is 0 Å². The number of alkyl halides is 6. The highest BCUT2D eigenvalue weighted by molar-refractivity contribution is 6.02. The van der Waals surface area contributed by atoms with Gasteiger partial charge < -0.3 is 5.32 Å². The fraction of sp³-hybridized carbons (Fsp3) is 0.500. The summed E-state index contributed by atoms with van der Waals surface area (Å²) >= 11 is 0. The second kappa shape index (κ2) is 7.17. The van der Waals surface area contributed by atoms with Crippen LogP contribution in [0, 0.1) is 11.3 Å². The summed E-state index contributed by atoms with van der Waals surface area (Å²) in [5.74, 6) is -0.0293. The molecule has 5 nitrogen and oxygen atoms in total. The monoisotopic (exact) mass is 391 g/mol. The number of nitriles is 1. The maximum atomic E-state index is 13.1. The SMILES string of the molecule is CCN=C(Nc1ccc(C#N)c(C(F)(F)F)c1)C1(C)CC(C(F)(F)F)N=N1. The van der Waals surface area contributed by atoms with E-state index < -0.39 is 41.5 Å². The number of anilines is 1. The van der Waals surface area contributed by atoms with Crippen LogP contribution in [0.1, 0.15) is 31.4 Å². The maximum absolute atomic E-state index is 13.1. The Morgan fingerprint density at radius 1 is 1.33 bits per heavy atom. The van der Waals surface area contributed by atoms with E-state index in [9.17, 15) is 26.3 Å². The molecule has 0 saturated heterocycles. The first kappa shape index (κ1) is 20.7. The summed E-state index contributed by atoms with van der Waals surface area (Å²) < 4.78 is 77.9. The number of aliphatic imine (C=N–C) groups is 1. The van der Waals surface area contributed by atoms with Crippen LogP contribution in [0.25, 0.3) is 0 Å². The molecular formula is C16H15F6N5. The van der Waals surface area contributed by atoms with Gasteiger partial charge in [-0.3, -0.25) is 4.99 Å². The minimum Gasteiger partial charge on any atom is -0.342 e. The second-order valence-corrected chi connectivity index (χ2v) is 6.07. The van der Waals surface area contributed by atoms with Crippen molar-refractivity contribution in [1.29, 1.82) is 5.26 Å². The molecule has 2 unspecified atom stereocenters. The number of nitrogens with zero attached hydrogens (tertiary/aromatic N) is 4. The third-order valence-corrected chi connectivity index (χ3v) is 3.92. The zero-order chi connectivity index (χ0) is 20.5. The van der Waals surface area contributed by atoms with Gasteiger partial charge in [-0.25, -0.2) is 0 Å². The van der Waals surface area contributed by atoms with Crippen molar-refractivity contribution >= 4 is 11.5 Å². The van der Waals surface area contributed by atoms with Gasteiger partial charge >= 0.3 is 12.4 Å². The van der Waals surface area contributed by atoms with Crippen LogP contribution in [0.5, 0.6) is 0 Å². The molecule has 1 aliphatic rings. The molecule has 11 heteroatoms. The lowest BCUT2D eigenvalue weighted by atomic mass is 9.93. The fourth-order valence-corrected chi connectivity index (χ4v) is 2.57. The number of amidine groups is 1. The number of azo groups is 1. The molecule has 1 N–H and O–H groups in total. The second-order valence-electron chi connectivity index (χ2n) is 6.07. The Morgan fingerprint density at radius 2 is 2.00 bits per heavy atom. The third-order valence-electron chi connectivity index (χ3n) is 3.92. The number of rotatable bonds is 3. The molecule has 0 aromatic heterocycles. The lowest BCUT2D eigenvalue weighted by Crippen LogP contribution is -2.40. The van der Waals surface area contributed by atoms with Crippen molar-refractivity contribution in [3.05, 3.63) is 29.3 Å². The summed E-state index contributed by atoms with van der Waals surface area (Å²) in [6.45, 7) is 3.17. The van der Waals surface area contributed by atoms with Crippen LogP contribution < -0.4 is 5.32 Å². The summed E-state index contributed by atoms with van der Waals surface area (Å²) in [6.07, 6.45) is -9.84. The van der Waals surface area contributed by atoms with Crippen LogP contribution in [0.4, 0.5) is 32.0 Å². The maximum Gasteiger partial charge on any atom is 0.417 e. The minimum atomic E-state index is -4.76. The van der Waals surface area contributed by atoms with Crippen LogP contribution in [0.15, 0.2) is 33.4 Å². The number of nitrogens with one attached hydrogen (secondary N) is 1. The molecule has 27 heavy (non-hydrogen) atoms. The van der Waals surface area contributed by atoms with Crippen molar-refractivity contribution < 1.29 is 26.3 Å². The number of hydrogen-bond donors (Lipinski definition) is 1. The Kier molecular flexibility index (Phi) is 5.49. The molecule has 146 valence electrons. The van der Waals surface area contributed by atoms with Crippen molar-refractivity contribution in [2.24, 2.45) is 15.2 Å². The first-order chi connectivity index (χ1) is 12.4. The number of benzene rings is 1. The van der Waals surface area contributed by atoms with Gasteiger partial charge in [0.25, 0.3) is 0 Å². The van der Waals surface area contributed by atoms with Crippen molar-refractivity contribution in [2.75, 3.05) is 11.9 Å². The average Bonchev–Trinajstić information content (AvgIpc) is 2.97. The largest absolute Gasteiger partial charge is 0.417 e. The van der Waals surface area contributed by atoms with E-state index in [1.807, 2.05) is 0 Å². The van der Waals surface area contributed by atoms with E-state index in [-0.39, 0.29) is 18.1 Å². The average molecular weight is 391 g/mol. The van der Waals surface area contributed by atoms with Gasteiger partial charge in [0.05, 0.1) is 17.2 Å². The Labute approximate surface area is 150 Å². The topological polar surface area (TPSA) is 72.9 Å². The molecule has 2 atom stereocenters. The van der Waals surface area contributed by atoms with Crippen molar-refractivity contribution in [3.8, 4) is 6.07 Å². The van der Waals surface area contributed by atoms with Crippen molar-refractivity contribution in [1.82, 2.24) is 0 Å². The van der Waals surface area contributed by atoms with Gasteiger partial charge in [-0.1, -0.05) is 0 Å². The van der Waals surface area contributed by atoms with E-state index in [0.717, 1.165) is 6.07 Å². The smallest absolute Gasteiger partial charge is 0.342 e. The standard InChI is InChI=1S/C16H15F6N5/c1-3-24-13(14(2)7-12(26-27-14)16(20,21)22)25-10-5-4-9(8-23)11(6-10)15(17,18)19/h4-6,12H,3,7H2,1-2H3,(H,24,25). The molecule has 0 saturated carbocycles. The fourth-order valence-electron chi connectivity index (χ4n) is 2.57. The zero-order valence-corrected chi connectivity index (χ0v) is 14.3. The van der Waals surface area contributed by atoms with Crippen LogP contribution in [-0.4, -0.2) is 30.1 Å². The number of hydrogen-bond acceptors (Lipinski definition) is 4. The van der Waals surface area contributed by atoms with E-state index in [4.69, 9.17) is 5.26 Å². The molecule has 2 rings (SSSR count). The molecule has 0 bridgehead atoms. The van der Waals surface area contributed by atoms with E-state index in [2.05, 4.69) is 20.5 Å². The molecule has 0 aliphatic carbocycles. The lowest BCUT2D eigenvalue weighted by molar-refractivity contribution is -0.147. The van der Waals surface area contributed by atoms with Crippen LogP contribution >= 0.6 is 0 Å². The zero-order valence-electron chi connectivity index (χ0n) is 14.3. The van der Waals surface area contributed by atoms with E-state index in [1.54, 1.807) is 6.92 Å². The van der Waals surface area contributed by atoms with E-state index in [0.29, 0.717) is 6.07 Å². The Balaban J connectivity index is 2.35. The molecule has 0 radical (unpaired) electrons.